The monoisotopic (exact) mass is 382 g/mol. The first-order valence-corrected chi connectivity index (χ1v) is 9.18. The van der Waals surface area contributed by atoms with Crippen LogP contribution in [0.1, 0.15) is 43.5 Å². The fraction of sp³-hybridized carbons (Fsp3) is 0.444. The predicted molar refractivity (Wildman–Crippen MR) is 94.3 cm³/mol. The van der Waals surface area contributed by atoms with E-state index < -0.39 is 45.8 Å². The van der Waals surface area contributed by atoms with Gasteiger partial charge in [-0.1, -0.05) is 23.9 Å². The molecule has 0 spiro atoms. The largest absolute Gasteiger partial charge is 0.521 e. The second kappa shape index (κ2) is 8.09. The zero-order valence-corrected chi connectivity index (χ0v) is 15.4. The van der Waals surface area contributed by atoms with E-state index in [0.717, 1.165) is 6.07 Å². The highest BCUT2D eigenvalue weighted by molar-refractivity contribution is 8.14. The summed E-state index contributed by atoms with van der Waals surface area (Å²) in [4.78, 5) is 48.9. The molecule has 1 heterocycles. The molecule has 140 valence electrons. The first kappa shape index (κ1) is 20.3. The Kier molecular flexibility index (Phi) is 6.30. The summed E-state index contributed by atoms with van der Waals surface area (Å²) in [6.07, 6.45) is -0.442. The molecule has 1 aliphatic rings. The maximum atomic E-state index is 13.4. The zero-order valence-electron chi connectivity index (χ0n) is 14.6. The van der Waals surface area contributed by atoms with Gasteiger partial charge in [0.1, 0.15) is 11.9 Å². The third-order valence-electron chi connectivity index (χ3n) is 4.74. The van der Waals surface area contributed by atoms with Gasteiger partial charge >= 0.3 is 12.0 Å². The number of nitrogens with zero attached hydrogens (tertiary/aromatic N) is 1. The molecule has 0 aliphatic carbocycles. The average molecular weight is 382 g/mol. The number of amides is 2. The van der Waals surface area contributed by atoms with Crippen LogP contribution >= 0.6 is 11.8 Å². The van der Waals surface area contributed by atoms with Crippen LogP contribution in [-0.4, -0.2) is 50.3 Å². The minimum absolute atomic E-state index is 0.0490. The van der Waals surface area contributed by atoms with Gasteiger partial charge in [-0.3, -0.25) is 9.59 Å². The van der Waals surface area contributed by atoms with Crippen molar-refractivity contribution >= 4 is 34.7 Å². The molecule has 2 rings (SSSR count). The first-order valence-electron chi connectivity index (χ1n) is 8.30. The standard InChI is InChI=1S/C18H20FNO5S/c1-11-5-4-8-20(11,18(24)25)16(22)10-15(26-12(2)21)17(23)13-6-3-7-14(19)9-13/h3,6-7,9,11,15H,4-5,8,10H2,1-2H3/p+1/t11-,15?,20?/m1/s1. The minimum Gasteiger partial charge on any atom is -0.435 e. The Morgan fingerprint density at radius 1 is 1.35 bits per heavy atom. The van der Waals surface area contributed by atoms with E-state index in [0.29, 0.717) is 24.6 Å². The lowest BCUT2D eigenvalue weighted by atomic mass is 10.0. The number of likely N-dealkylation sites (tertiary alicyclic amines) is 1. The van der Waals surface area contributed by atoms with E-state index in [1.165, 1.54) is 25.1 Å². The number of hydrogen-bond acceptors (Lipinski definition) is 5. The van der Waals surface area contributed by atoms with Crippen LogP contribution in [0.3, 0.4) is 0 Å². The molecule has 2 unspecified atom stereocenters. The number of benzene rings is 1. The number of ketones is 1. The van der Waals surface area contributed by atoms with Crippen LogP contribution in [0.4, 0.5) is 9.18 Å². The molecular formula is C18H21FNO5S+. The number of Topliss-reactive ketones (excluding diaryl/α,β-unsaturated/α-hetero) is 1. The van der Waals surface area contributed by atoms with Gasteiger partial charge < -0.3 is 5.11 Å². The molecule has 6 nitrogen and oxygen atoms in total. The van der Waals surface area contributed by atoms with Crippen LogP contribution < -0.4 is 0 Å². The number of halogens is 1. The molecule has 0 radical (unpaired) electrons. The molecule has 0 bridgehead atoms. The van der Waals surface area contributed by atoms with Crippen LogP contribution in [0.2, 0.25) is 0 Å². The highest BCUT2D eigenvalue weighted by Gasteiger charge is 2.53. The first-order chi connectivity index (χ1) is 12.2. The van der Waals surface area contributed by atoms with E-state index >= 15 is 0 Å². The fourth-order valence-corrected chi connectivity index (χ4v) is 4.25. The molecule has 2 amide bonds. The van der Waals surface area contributed by atoms with E-state index in [2.05, 4.69) is 0 Å². The molecule has 1 fully saturated rings. The summed E-state index contributed by atoms with van der Waals surface area (Å²) in [5.74, 6) is -1.77. The topological polar surface area (TPSA) is 88.5 Å². The number of carbonyl (C=O) groups excluding carboxylic acids is 3. The Morgan fingerprint density at radius 2 is 2.04 bits per heavy atom. The summed E-state index contributed by atoms with van der Waals surface area (Å²) < 4.78 is 12.7. The average Bonchev–Trinajstić information content (AvgIpc) is 2.95. The third-order valence-corrected chi connectivity index (χ3v) is 5.74. The van der Waals surface area contributed by atoms with E-state index in [1.807, 2.05) is 0 Å². The van der Waals surface area contributed by atoms with Gasteiger partial charge in [-0.25, -0.2) is 9.18 Å². The van der Waals surface area contributed by atoms with E-state index in [4.69, 9.17) is 0 Å². The van der Waals surface area contributed by atoms with Gasteiger partial charge in [0.05, 0.1) is 18.2 Å². The molecule has 8 heteroatoms. The van der Waals surface area contributed by atoms with Gasteiger partial charge in [0.25, 0.3) is 0 Å². The third kappa shape index (κ3) is 4.02. The Morgan fingerprint density at radius 3 is 2.54 bits per heavy atom. The van der Waals surface area contributed by atoms with Crippen LogP contribution in [0.5, 0.6) is 0 Å². The number of quaternary nitrogens is 1. The van der Waals surface area contributed by atoms with Crippen molar-refractivity contribution in [3.63, 3.8) is 0 Å². The number of rotatable bonds is 5. The smallest absolute Gasteiger partial charge is 0.435 e. The van der Waals surface area contributed by atoms with Crippen LogP contribution in [-0.2, 0) is 9.59 Å². The van der Waals surface area contributed by atoms with Gasteiger partial charge in [0.2, 0.25) is 0 Å². The highest BCUT2D eigenvalue weighted by atomic mass is 32.2. The van der Waals surface area contributed by atoms with E-state index in [9.17, 15) is 28.7 Å². The molecular weight excluding hydrogens is 361 g/mol. The lowest BCUT2D eigenvalue weighted by molar-refractivity contribution is -0.792. The number of hydrogen-bond donors (Lipinski definition) is 1. The number of carbonyl (C=O) groups is 4. The lowest BCUT2D eigenvalue weighted by Crippen LogP contribution is -2.59. The van der Waals surface area contributed by atoms with Crippen molar-refractivity contribution in [3.8, 4) is 0 Å². The second-order valence-corrected chi connectivity index (χ2v) is 7.82. The van der Waals surface area contributed by atoms with Crippen LogP contribution in [0.15, 0.2) is 24.3 Å². The SMILES string of the molecule is CC(=O)SC(CC(=O)[N+]1(C(=O)O)CCC[C@H]1C)C(=O)c1cccc(F)c1. The second-order valence-electron chi connectivity index (χ2n) is 6.44. The molecule has 1 N–H and O–H groups in total. The minimum atomic E-state index is -1.25. The molecule has 3 atom stereocenters. The summed E-state index contributed by atoms with van der Waals surface area (Å²) in [6, 6.07) is 4.61. The van der Waals surface area contributed by atoms with Crippen LogP contribution in [0, 0.1) is 5.82 Å². The molecule has 1 aliphatic heterocycles. The molecule has 1 aromatic carbocycles. The van der Waals surface area contributed by atoms with Crippen molar-refractivity contribution in [1.29, 1.82) is 0 Å². The summed E-state index contributed by atoms with van der Waals surface area (Å²) in [7, 11) is 0. The van der Waals surface area contributed by atoms with Crippen molar-refractivity contribution in [2.45, 2.75) is 44.4 Å². The Hall–Kier alpha value is -2.06. The van der Waals surface area contributed by atoms with Crippen molar-refractivity contribution < 1.29 is 33.2 Å². The number of carboxylic acid groups (broad SMARTS) is 1. The van der Waals surface area contributed by atoms with E-state index in [1.54, 1.807) is 6.92 Å². The van der Waals surface area contributed by atoms with Gasteiger partial charge in [0.15, 0.2) is 10.9 Å². The maximum Gasteiger partial charge on any atom is 0.521 e. The van der Waals surface area contributed by atoms with Crippen molar-refractivity contribution in [1.82, 2.24) is 0 Å². The summed E-state index contributed by atoms with van der Waals surface area (Å²) in [6.45, 7) is 3.13. The number of imide groups is 1. The molecule has 0 saturated carbocycles. The summed E-state index contributed by atoms with van der Waals surface area (Å²) >= 11 is 0.672. The molecule has 26 heavy (non-hydrogen) atoms. The fourth-order valence-electron chi connectivity index (χ4n) is 3.38. The zero-order chi connectivity index (χ0) is 19.5. The Balaban J connectivity index is 2.30. The Labute approximate surface area is 155 Å². The van der Waals surface area contributed by atoms with Gasteiger partial charge in [-0.05, 0) is 19.1 Å². The normalized spacial score (nSPS) is 23.4. The quantitative estimate of drug-likeness (QED) is 0.621. The maximum absolute atomic E-state index is 13.4. The highest BCUT2D eigenvalue weighted by Crippen LogP contribution is 2.31. The molecule has 1 aromatic rings. The molecule has 0 aromatic heterocycles. The Bertz CT molecular complexity index is 753. The van der Waals surface area contributed by atoms with Crippen LogP contribution in [0.25, 0.3) is 0 Å². The van der Waals surface area contributed by atoms with Gasteiger partial charge in [0, 0.05) is 25.3 Å². The van der Waals surface area contributed by atoms with Gasteiger partial charge in [-0.15, -0.1) is 0 Å². The van der Waals surface area contributed by atoms with Gasteiger partial charge in [-0.2, -0.15) is 9.28 Å². The van der Waals surface area contributed by atoms with Crippen molar-refractivity contribution in [2.24, 2.45) is 0 Å². The number of thioether (sulfide) groups is 1. The summed E-state index contributed by atoms with van der Waals surface area (Å²) in [5.41, 5.74) is 0.0490. The van der Waals surface area contributed by atoms with Crippen molar-refractivity contribution in [3.05, 3.63) is 35.6 Å². The lowest BCUT2D eigenvalue weighted by Gasteiger charge is -2.30. The van der Waals surface area contributed by atoms with E-state index in [-0.39, 0.29) is 17.2 Å². The van der Waals surface area contributed by atoms with Crippen molar-refractivity contribution in [2.75, 3.05) is 6.54 Å². The predicted octanol–water partition coefficient (Wildman–Crippen LogP) is 3.25. The molecule has 1 saturated heterocycles. The summed E-state index contributed by atoms with van der Waals surface area (Å²) in [5, 5.41) is 8.18.